The molecule has 0 saturated carbocycles. The van der Waals surface area contributed by atoms with E-state index in [0.717, 1.165) is 65.9 Å². The van der Waals surface area contributed by atoms with Crippen molar-refractivity contribution in [3.05, 3.63) is 218 Å². The maximum Gasteiger partial charge on any atom is 0.240 e. The van der Waals surface area contributed by atoms with Crippen molar-refractivity contribution in [2.45, 2.75) is 12.0 Å². The van der Waals surface area contributed by atoms with E-state index in [0.29, 0.717) is 17.7 Å². The van der Waals surface area contributed by atoms with Crippen LogP contribution in [0, 0.1) is 0 Å². The van der Waals surface area contributed by atoms with Gasteiger partial charge in [0.05, 0.1) is 39.1 Å². The molecule has 0 radical (unpaired) electrons. The largest absolute Gasteiger partial charge is 0.333 e. The molecule has 2 unspecified atom stereocenters. The Balaban J connectivity index is 1.12. The molecule has 0 fully saturated rings. The number of allylic oxidation sites excluding steroid dienone is 2. The molecule has 5 heterocycles. The number of aromatic nitrogens is 6. The molecule has 0 amide bonds. The Bertz CT molecular complexity index is 3910. The van der Waals surface area contributed by atoms with Crippen LogP contribution in [0.15, 0.2) is 212 Å². The molecule has 300 valence electrons. The van der Waals surface area contributed by atoms with Crippen LogP contribution in [0.4, 0.5) is 11.4 Å². The van der Waals surface area contributed by atoms with Gasteiger partial charge >= 0.3 is 0 Å². The topological polar surface area (TPSA) is 56.7 Å². The molecule has 8 aromatic carbocycles. The Morgan fingerprint density at radius 3 is 1.59 bits per heavy atom. The lowest BCUT2D eigenvalue weighted by Gasteiger charge is -2.28. The van der Waals surface area contributed by atoms with Gasteiger partial charge in [0.25, 0.3) is 0 Å². The Morgan fingerprint density at radius 2 is 0.906 bits per heavy atom. The lowest BCUT2D eigenvalue weighted by molar-refractivity contribution is 0.745. The van der Waals surface area contributed by atoms with E-state index in [4.69, 9.17) is 15.0 Å². The first-order valence-corrected chi connectivity index (χ1v) is 21.9. The number of hydrogen-bond donors (Lipinski definition) is 0. The van der Waals surface area contributed by atoms with Crippen LogP contribution >= 0.6 is 0 Å². The summed E-state index contributed by atoms with van der Waals surface area (Å²) in [5.41, 5.74) is 12.1. The summed E-state index contributed by atoms with van der Waals surface area (Å²) in [6.07, 6.45) is 9.07. The molecule has 12 aromatic rings. The molecule has 0 bridgehead atoms. The fourth-order valence-electron chi connectivity index (χ4n) is 10.8. The Labute approximate surface area is 367 Å². The number of nitrogens with zero attached hydrogens (tertiary/aromatic N) is 7. The maximum absolute atomic E-state index is 5.65. The van der Waals surface area contributed by atoms with Gasteiger partial charge in [0.1, 0.15) is 0 Å². The van der Waals surface area contributed by atoms with E-state index in [9.17, 15) is 0 Å². The van der Waals surface area contributed by atoms with Crippen LogP contribution in [-0.4, -0.2) is 34.7 Å². The molecule has 1 aliphatic heterocycles. The van der Waals surface area contributed by atoms with Crippen LogP contribution in [0.3, 0.4) is 0 Å². The van der Waals surface area contributed by atoms with Crippen LogP contribution in [0.1, 0.15) is 11.5 Å². The van der Waals surface area contributed by atoms with Gasteiger partial charge in [-0.25, -0.2) is 0 Å². The summed E-state index contributed by atoms with van der Waals surface area (Å²) in [7, 11) is 0. The van der Waals surface area contributed by atoms with Gasteiger partial charge in [-0.05, 0) is 54.6 Å². The second-order valence-electron chi connectivity index (χ2n) is 16.8. The normalized spacial score (nSPS) is 15.7. The third-order valence-electron chi connectivity index (χ3n) is 13.4. The first-order valence-electron chi connectivity index (χ1n) is 21.9. The summed E-state index contributed by atoms with van der Waals surface area (Å²) in [5, 5.41) is 6.91. The van der Waals surface area contributed by atoms with Gasteiger partial charge in [-0.15, -0.1) is 0 Å². The van der Waals surface area contributed by atoms with Gasteiger partial charge in [-0.2, -0.15) is 15.0 Å². The van der Waals surface area contributed by atoms with Crippen molar-refractivity contribution in [3.63, 3.8) is 0 Å². The van der Waals surface area contributed by atoms with Gasteiger partial charge in [-0.3, -0.25) is 9.13 Å². The van der Waals surface area contributed by atoms with Crippen molar-refractivity contribution in [2.24, 2.45) is 0 Å². The molecule has 7 heteroatoms. The molecule has 1 aliphatic carbocycles. The average molecular weight is 820 g/mol. The molecule has 64 heavy (non-hydrogen) atoms. The van der Waals surface area contributed by atoms with E-state index < -0.39 is 0 Å². The van der Waals surface area contributed by atoms with E-state index in [1.807, 2.05) is 6.07 Å². The van der Waals surface area contributed by atoms with Crippen molar-refractivity contribution in [3.8, 4) is 29.0 Å². The molecular weight excluding hydrogens is 783 g/mol. The standard InChI is InChI=1S/C57H37N7/c1-4-18-36(19-5-1)55-58-56(63-45-28-14-10-24-39(45)41-32-34-49-51(53(41)63)43-26-12-16-30-47(43)61(49)37-20-6-2-7-21-37)60-57(59-55)64-46-29-15-11-25-40(46)42-33-35-50-52(54(42)64)44-27-13-17-31-48(44)62(50)38-22-8-3-9-23-38/h1-35,43,47H. The first-order chi connectivity index (χ1) is 31.8. The molecular formula is C57H37N7. The highest BCUT2D eigenvalue weighted by atomic mass is 15.3. The van der Waals surface area contributed by atoms with Crippen LogP contribution in [0.25, 0.3) is 94.4 Å². The minimum absolute atomic E-state index is 0.106. The number of para-hydroxylation sites is 5. The van der Waals surface area contributed by atoms with Crippen molar-refractivity contribution < 1.29 is 0 Å². The van der Waals surface area contributed by atoms with Gasteiger partial charge < -0.3 is 9.47 Å². The second kappa shape index (κ2) is 13.5. The van der Waals surface area contributed by atoms with Crippen molar-refractivity contribution in [1.82, 2.24) is 28.7 Å². The van der Waals surface area contributed by atoms with Crippen molar-refractivity contribution in [1.29, 1.82) is 0 Å². The Kier molecular flexibility index (Phi) is 7.39. The minimum atomic E-state index is 0.106. The molecule has 0 spiro atoms. The third-order valence-corrected chi connectivity index (χ3v) is 13.4. The zero-order chi connectivity index (χ0) is 41.9. The summed E-state index contributed by atoms with van der Waals surface area (Å²) < 4.78 is 6.97. The average Bonchev–Trinajstić information content (AvgIpc) is 4.09. The first kappa shape index (κ1) is 35.1. The van der Waals surface area contributed by atoms with Gasteiger partial charge in [0, 0.05) is 66.4 Å². The molecule has 2 aliphatic rings. The van der Waals surface area contributed by atoms with Gasteiger partial charge in [-0.1, -0.05) is 158 Å². The highest BCUT2D eigenvalue weighted by Crippen LogP contribution is 2.52. The minimum Gasteiger partial charge on any atom is -0.333 e. The molecule has 7 nitrogen and oxygen atoms in total. The summed E-state index contributed by atoms with van der Waals surface area (Å²) in [6.45, 7) is 0. The van der Waals surface area contributed by atoms with E-state index >= 15 is 0 Å². The highest BCUT2D eigenvalue weighted by Gasteiger charge is 2.40. The van der Waals surface area contributed by atoms with Crippen LogP contribution in [0.2, 0.25) is 0 Å². The number of anilines is 2. The number of fused-ring (bicyclic) bond motifs is 14. The summed E-state index contributed by atoms with van der Waals surface area (Å²) in [6, 6.07) is 67.0. The maximum atomic E-state index is 5.65. The predicted molar refractivity (Wildman–Crippen MR) is 262 cm³/mol. The van der Waals surface area contributed by atoms with E-state index in [2.05, 4.69) is 225 Å². The number of benzene rings is 8. The van der Waals surface area contributed by atoms with E-state index in [1.165, 1.54) is 27.7 Å². The molecule has 14 rings (SSSR count). The fraction of sp³-hybridized carbons (Fsp3) is 0.0351. The number of rotatable bonds is 5. The third kappa shape index (κ3) is 4.89. The van der Waals surface area contributed by atoms with Crippen molar-refractivity contribution in [2.75, 3.05) is 4.90 Å². The van der Waals surface area contributed by atoms with Gasteiger partial charge in [0.15, 0.2) is 5.82 Å². The predicted octanol–water partition coefficient (Wildman–Crippen LogP) is 13.6. The van der Waals surface area contributed by atoms with Crippen molar-refractivity contribution >= 4 is 76.8 Å². The summed E-state index contributed by atoms with van der Waals surface area (Å²) in [5.74, 6) is 1.84. The zero-order valence-corrected chi connectivity index (χ0v) is 34.5. The van der Waals surface area contributed by atoms with E-state index in [1.54, 1.807) is 0 Å². The molecule has 4 aromatic heterocycles. The van der Waals surface area contributed by atoms with Gasteiger partial charge in [0.2, 0.25) is 11.9 Å². The number of hydrogen-bond acceptors (Lipinski definition) is 4. The lowest BCUT2D eigenvalue weighted by Crippen LogP contribution is -2.28. The summed E-state index contributed by atoms with van der Waals surface area (Å²) >= 11 is 0. The molecule has 0 saturated heterocycles. The Morgan fingerprint density at radius 1 is 0.375 bits per heavy atom. The quantitative estimate of drug-likeness (QED) is 0.174. The van der Waals surface area contributed by atoms with Crippen LogP contribution < -0.4 is 4.90 Å². The lowest BCUT2D eigenvalue weighted by atomic mass is 9.90. The summed E-state index contributed by atoms with van der Waals surface area (Å²) in [4.78, 5) is 19.1. The Hall–Kier alpha value is -8.55. The molecule has 2 atom stereocenters. The van der Waals surface area contributed by atoms with Crippen LogP contribution in [0.5, 0.6) is 0 Å². The van der Waals surface area contributed by atoms with E-state index in [-0.39, 0.29) is 12.0 Å². The second-order valence-corrected chi connectivity index (χ2v) is 16.8. The SMILES string of the molecule is C1=CC2c3c(ccc4c5ccccc5n(-c5nc(-c6ccccc6)nc(-n6c7ccccc7c7ccc8c(c9ccccc9n8-c8ccccc8)c76)n5)c34)N(c3ccccc3)C2C=C1. The fourth-order valence-corrected chi connectivity index (χ4v) is 10.8. The van der Waals surface area contributed by atoms with Crippen LogP contribution in [-0.2, 0) is 0 Å². The highest BCUT2D eigenvalue weighted by molar-refractivity contribution is 6.26. The zero-order valence-electron chi connectivity index (χ0n) is 34.5. The smallest absolute Gasteiger partial charge is 0.240 e. The molecule has 0 N–H and O–H groups in total. The monoisotopic (exact) mass is 819 g/mol.